The molecule has 0 aliphatic carbocycles. The zero-order chi connectivity index (χ0) is 16.8. The first-order valence-corrected chi connectivity index (χ1v) is 7.84. The van der Waals surface area contributed by atoms with Crippen LogP contribution in [-0.4, -0.2) is 24.9 Å². The van der Waals surface area contributed by atoms with Crippen molar-refractivity contribution in [2.24, 2.45) is 0 Å². The Labute approximate surface area is 142 Å². The topological polar surface area (TPSA) is 49.4 Å². The quantitative estimate of drug-likeness (QED) is 0.866. The van der Waals surface area contributed by atoms with Crippen molar-refractivity contribution in [1.29, 1.82) is 0 Å². The van der Waals surface area contributed by atoms with Crippen molar-refractivity contribution in [3.63, 3.8) is 0 Å². The van der Waals surface area contributed by atoms with E-state index in [0.717, 1.165) is 0 Å². The van der Waals surface area contributed by atoms with Crippen LogP contribution in [0.15, 0.2) is 53.0 Å². The van der Waals surface area contributed by atoms with Gasteiger partial charge in [0.2, 0.25) is 5.91 Å². The second-order valence-electron chi connectivity index (χ2n) is 4.88. The minimum atomic E-state index is -0.362. The molecule has 0 unspecified atom stereocenters. The fourth-order valence-electron chi connectivity index (χ4n) is 2.11. The molecule has 2 aromatic carbocycles. The van der Waals surface area contributed by atoms with Crippen LogP contribution < -0.4 is 10.2 Å². The van der Waals surface area contributed by atoms with Crippen molar-refractivity contribution in [3.05, 3.63) is 64.4 Å². The summed E-state index contributed by atoms with van der Waals surface area (Å²) in [5.41, 5.74) is 1.12. The predicted octanol–water partition coefficient (Wildman–Crippen LogP) is 3.37. The molecule has 0 saturated carbocycles. The van der Waals surface area contributed by atoms with E-state index in [1.165, 1.54) is 36.1 Å². The first kappa shape index (κ1) is 17.1. The molecule has 0 heterocycles. The van der Waals surface area contributed by atoms with Gasteiger partial charge in [0.1, 0.15) is 5.82 Å². The summed E-state index contributed by atoms with van der Waals surface area (Å²) < 4.78 is 13.7. The van der Waals surface area contributed by atoms with Gasteiger partial charge in [-0.3, -0.25) is 9.59 Å². The summed E-state index contributed by atoms with van der Waals surface area (Å²) in [6.45, 7) is 2.02. The third-order valence-electron chi connectivity index (χ3n) is 3.26. The van der Waals surface area contributed by atoms with Crippen LogP contribution in [-0.2, 0) is 4.79 Å². The first-order valence-electron chi connectivity index (χ1n) is 7.05. The summed E-state index contributed by atoms with van der Waals surface area (Å²) in [5, 5.41) is 2.77. The number of amides is 2. The lowest BCUT2D eigenvalue weighted by molar-refractivity contribution is -0.116. The Kier molecular flexibility index (Phi) is 5.87. The molecule has 2 aromatic rings. The van der Waals surface area contributed by atoms with E-state index in [2.05, 4.69) is 21.2 Å². The first-order chi connectivity index (χ1) is 11.0. The molecule has 0 radical (unpaired) electrons. The molecule has 120 valence electrons. The predicted molar refractivity (Wildman–Crippen MR) is 90.9 cm³/mol. The van der Waals surface area contributed by atoms with Gasteiger partial charge in [-0.1, -0.05) is 12.1 Å². The van der Waals surface area contributed by atoms with Gasteiger partial charge in [0.15, 0.2) is 0 Å². The van der Waals surface area contributed by atoms with Crippen LogP contribution in [0, 0.1) is 5.82 Å². The molecule has 23 heavy (non-hydrogen) atoms. The number of benzene rings is 2. The Morgan fingerprint density at radius 2 is 1.78 bits per heavy atom. The molecule has 0 saturated heterocycles. The number of anilines is 1. The molecule has 0 aromatic heterocycles. The molecule has 2 amide bonds. The minimum absolute atomic E-state index is 0.174. The van der Waals surface area contributed by atoms with Gasteiger partial charge in [-0.25, -0.2) is 4.39 Å². The number of hydrogen-bond donors (Lipinski definition) is 1. The van der Waals surface area contributed by atoms with E-state index >= 15 is 0 Å². The number of rotatable bonds is 5. The lowest BCUT2D eigenvalue weighted by Crippen LogP contribution is -2.37. The van der Waals surface area contributed by atoms with Crippen molar-refractivity contribution in [1.82, 2.24) is 5.32 Å². The molecule has 0 aliphatic heterocycles. The van der Waals surface area contributed by atoms with Crippen LogP contribution in [0.5, 0.6) is 0 Å². The largest absolute Gasteiger partial charge is 0.350 e. The summed E-state index contributed by atoms with van der Waals surface area (Å²) in [6.07, 6.45) is 0. The Bertz CT molecular complexity index is 704. The van der Waals surface area contributed by atoms with E-state index < -0.39 is 0 Å². The van der Waals surface area contributed by atoms with Crippen LogP contribution in [0.25, 0.3) is 0 Å². The van der Waals surface area contributed by atoms with Gasteiger partial charge in [0, 0.05) is 30.2 Å². The van der Waals surface area contributed by atoms with Crippen molar-refractivity contribution < 1.29 is 14.0 Å². The normalized spacial score (nSPS) is 10.2. The number of carbonyl (C=O) groups is 2. The van der Waals surface area contributed by atoms with E-state index in [9.17, 15) is 14.0 Å². The Balaban J connectivity index is 1.97. The van der Waals surface area contributed by atoms with E-state index in [-0.39, 0.29) is 24.2 Å². The second-order valence-corrected chi connectivity index (χ2v) is 5.74. The number of halogens is 2. The summed E-state index contributed by atoms with van der Waals surface area (Å²) in [6, 6.07) is 12.8. The third-order valence-corrected chi connectivity index (χ3v) is 3.95. The van der Waals surface area contributed by atoms with E-state index in [1.807, 2.05) is 6.07 Å². The molecule has 2 rings (SSSR count). The van der Waals surface area contributed by atoms with Crippen LogP contribution in [0.3, 0.4) is 0 Å². The van der Waals surface area contributed by atoms with E-state index in [0.29, 0.717) is 22.3 Å². The molecule has 4 nitrogen and oxygen atoms in total. The molecule has 0 aliphatic rings. The number of hydrogen-bond acceptors (Lipinski definition) is 2. The fraction of sp³-hybridized carbons (Fsp3) is 0.176. The Morgan fingerprint density at radius 1 is 1.13 bits per heavy atom. The molecule has 0 bridgehead atoms. The molecule has 0 spiro atoms. The van der Waals surface area contributed by atoms with Crippen molar-refractivity contribution in [3.8, 4) is 0 Å². The van der Waals surface area contributed by atoms with E-state index in [1.54, 1.807) is 18.2 Å². The smallest absolute Gasteiger partial charge is 0.252 e. The maximum Gasteiger partial charge on any atom is 0.252 e. The van der Waals surface area contributed by atoms with Crippen LogP contribution >= 0.6 is 15.9 Å². The summed E-state index contributed by atoms with van der Waals surface area (Å²) in [4.78, 5) is 25.3. The van der Waals surface area contributed by atoms with Gasteiger partial charge in [-0.05, 0) is 52.3 Å². The van der Waals surface area contributed by atoms with E-state index in [4.69, 9.17) is 0 Å². The van der Waals surface area contributed by atoms with Gasteiger partial charge in [-0.2, -0.15) is 0 Å². The fourth-order valence-corrected chi connectivity index (χ4v) is 2.58. The SMILES string of the molecule is CC(=O)N(CCNC(=O)c1ccccc1Br)c1ccc(F)cc1. The van der Waals surface area contributed by atoms with Crippen LogP contribution in [0.4, 0.5) is 10.1 Å². The second kappa shape index (κ2) is 7.87. The maximum atomic E-state index is 13.0. The Hall–Kier alpha value is -2.21. The minimum Gasteiger partial charge on any atom is -0.350 e. The van der Waals surface area contributed by atoms with Gasteiger partial charge in [-0.15, -0.1) is 0 Å². The molecule has 0 fully saturated rings. The number of nitrogens with zero attached hydrogens (tertiary/aromatic N) is 1. The van der Waals surface area contributed by atoms with Crippen molar-refractivity contribution >= 4 is 33.4 Å². The zero-order valence-electron chi connectivity index (χ0n) is 12.6. The highest BCUT2D eigenvalue weighted by molar-refractivity contribution is 9.10. The summed E-state index contributed by atoms with van der Waals surface area (Å²) in [7, 11) is 0. The molecular formula is C17H16BrFN2O2. The van der Waals surface area contributed by atoms with Gasteiger partial charge in [0.25, 0.3) is 5.91 Å². The van der Waals surface area contributed by atoms with Gasteiger partial charge < -0.3 is 10.2 Å². The zero-order valence-corrected chi connectivity index (χ0v) is 14.1. The molecule has 6 heteroatoms. The lowest BCUT2D eigenvalue weighted by atomic mass is 10.2. The number of nitrogens with one attached hydrogen (secondary N) is 1. The third kappa shape index (κ3) is 4.63. The highest BCUT2D eigenvalue weighted by atomic mass is 79.9. The summed E-state index contributed by atoms with van der Waals surface area (Å²) >= 11 is 3.32. The monoisotopic (exact) mass is 378 g/mol. The molecule has 0 atom stereocenters. The van der Waals surface area contributed by atoms with Crippen LogP contribution in [0.1, 0.15) is 17.3 Å². The van der Waals surface area contributed by atoms with Gasteiger partial charge in [0.05, 0.1) is 5.56 Å². The highest BCUT2D eigenvalue weighted by Gasteiger charge is 2.13. The Morgan fingerprint density at radius 3 is 2.39 bits per heavy atom. The molecule has 1 N–H and O–H groups in total. The van der Waals surface area contributed by atoms with Gasteiger partial charge >= 0.3 is 0 Å². The molecular weight excluding hydrogens is 363 g/mol. The average Bonchev–Trinajstić information content (AvgIpc) is 2.52. The number of carbonyl (C=O) groups excluding carboxylic acids is 2. The lowest BCUT2D eigenvalue weighted by Gasteiger charge is -2.21. The standard InChI is InChI=1S/C17H16BrFN2O2/c1-12(22)21(14-8-6-13(19)7-9-14)11-10-20-17(23)15-4-2-3-5-16(15)18/h2-9H,10-11H2,1H3,(H,20,23). The maximum absolute atomic E-state index is 13.0. The van der Waals surface area contributed by atoms with Crippen LogP contribution in [0.2, 0.25) is 0 Å². The summed E-state index contributed by atoms with van der Waals surface area (Å²) in [5.74, 6) is -0.758. The highest BCUT2D eigenvalue weighted by Crippen LogP contribution is 2.16. The van der Waals surface area contributed by atoms with Crippen molar-refractivity contribution in [2.45, 2.75) is 6.92 Å². The van der Waals surface area contributed by atoms with Crippen molar-refractivity contribution in [2.75, 3.05) is 18.0 Å². The average molecular weight is 379 g/mol.